The zero-order chi connectivity index (χ0) is 17.0. The van der Waals surface area contributed by atoms with Gasteiger partial charge in [-0.1, -0.05) is 29.8 Å². The third kappa shape index (κ3) is 4.00. The van der Waals surface area contributed by atoms with E-state index in [2.05, 4.69) is 26.3 Å². The molecule has 1 amide bonds. The van der Waals surface area contributed by atoms with Crippen LogP contribution in [0.1, 0.15) is 42.7 Å². The Morgan fingerprint density at radius 3 is 2.48 bits per heavy atom. The molecule has 2 rings (SSSR count). The highest BCUT2D eigenvalue weighted by Gasteiger charge is 2.22. The van der Waals surface area contributed by atoms with Gasteiger partial charge in [-0.05, 0) is 44.0 Å². The lowest BCUT2D eigenvalue weighted by Gasteiger charge is -2.26. The largest absolute Gasteiger partial charge is 0.350 e. The zero-order valence-corrected chi connectivity index (χ0v) is 15.4. The number of carbonyl (C=O) groups is 1. The first-order valence-electron chi connectivity index (χ1n) is 7.78. The molecule has 124 valence electrons. The van der Waals surface area contributed by atoms with Crippen LogP contribution >= 0.6 is 15.9 Å². The van der Waals surface area contributed by atoms with Crippen molar-refractivity contribution >= 4 is 21.8 Å². The van der Waals surface area contributed by atoms with Crippen LogP contribution in [0.25, 0.3) is 5.69 Å². The van der Waals surface area contributed by atoms with Crippen molar-refractivity contribution in [3.8, 4) is 5.69 Å². The van der Waals surface area contributed by atoms with Crippen LogP contribution in [0.5, 0.6) is 0 Å². The molecule has 23 heavy (non-hydrogen) atoms. The molecule has 0 aliphatic rings. The fourth-order valence-corrected chi connectivity index (χ4v) is 2.59. The maximum atomic E-state index is 12.4. The molecule has 6 heteroatoms. The van der Waals surface area contributed by atoms with E-state index < -0.39 is 0 Å². The molecule has 0 fully saturated rings. The summed E-state index contributed by atoms with van der Waals surface area (Å²) in [6.45, 7) is 6.42. The SMILES string of the molecule is CCC(N)(CC)CNC(=O)c1cnn(-c2ccc(Br)cc2)c1C. The normalized spacial score (nSPS) is 11.5. The second-order valence-corrected chi connectivity index (χ2v) is 6.70. The van der Waals surface area contributed by atoms with Crippen LogP contribution in [0.4, 0.5) is 0 Å². The molecule has 5 nitrogen and oxygen atoms in total. The summed E-state index contributed by atoms with van der Waals surface area (Å²) < 4.78 is 2.76. The summed E-state index contributed by atoms with van der Waals surface area (Å²) in [6.07, 6.45) is 3.24. The number of nitrogens with two attached hydrogens (primary N) is 1. The van der Waals surface area contributed by atoms with Gasteiger partial charge < -0.3 is 11.1 Å². The van der Waals surface area contributed by atoms with E-state index in [1.807, 2.05) is 45.0 Å². The molecule has 1 heterocycles. The van der Waals surface area contributed by atoms with E-state index >= 15 is 0 Å². The maximum Gasteiger partial charge on any atom is 0.254 e. The van der Waals surface area contributed by atoms with Gasteiger partial charge in [-0.15, -0.1) is 0 Å². The van der Waals surface area contributed by atoms with Crippen molar-refractivity contribution in [2.75, 3.05) is 6.54 Å². The molecule has 0 unspecified atom stereocenters. The lowest BCUT2D eigenvalue weighted by atomic mass is 9.94. The lowest BCUT2D eigenvalue weighted by molar-refractivity contribution is 0.0941. The minimum atomic E-state index is -0.356. The highest BCUT2D eigenvalue weighted by molar-refractivity contribution is 9.10. The molecule has 0 radical (unpaired) electrons. The molecule has 1 aromatic carbocycles. The van der Waals surface area contributed by atoms with Gasteiger partial charge in [0.25, 0.3) is 5.91 Å². The van der Waals surface area contributed by atoms with Crippen molar-refractivity contribution < 1.29 is 4.79 Å². The Kier molecular flexibility index (Phi) is 5.59. The number of amides is 1. The number of aromatic nitrogens is 2. The molecule has 0 saturated heterocycles. The Hall–Kier alpha value is -1.66. The first-order chi connectivity index (χ1) is 10.9. The second kappa shape index (κ2) is 7.27. The van der Waals surface area contributed by atoms with Crippen molar-refractivity contribution in [3.05, 3.63) is 46.2 Å². The summed E-state index contributed by atoms with van der Waals surface area (Å²) in [5.74, 6) is -0.136. The zero-order valence-electron chi connectivity index (χ0n) is 13.8. The Morgan fingerprint density at radius 2 is 1.91 bits per heavy atom. The number of nitrogens with one attached hydrogen (secondary N) is 1. The van der Waals surface area contributed by atoms with Crippen LogP contribution in [0.3, 0.4) is 0 Å². The Morgan fingerprint density at radius 1 is 1.30 bits per heavy atom. The predicted octanol–water partition coefficient (Wildman–Crippen LogP) is 3.19. The van der Waals surface area contributed by atoms with Crippen LogP contribution in [-0.2, 0) is 0 Å². The fraction of sp³-hybridized carbons (Fsp3) is 0.412. The molecular weight excluding hydrogens is 356 g/mol. The van der Waals surface area contributed by atoms with Crippen molar-refractivity contribution in [2.45, 2.75) is 39.2 Å². The van der Waals surface area contributed by atoms with Crippen LogP contribution in [0.15, 0.2) is 34.9 Å². The highest BCUT2D eigenvalue weighted by atomic mass is 79.9. The van der Waals surface area contributed by atoms with Gasteiger partial charge in [0.2, 0.25) is 0 Å². The minimum absolute atomic E-state index is 0.136. The summed E-state index contributed by atoms with van der Waals surface area (Å²) in [4.78, 5) is 12.4. The number of carbonyl (C=O) groups excluding carboxylic acids is 1. The number of benzene rings is 1. The van der Waals surface area contributed by atoms with E-state index in [1.165, 1.54) is 0 Å². The first-order valence-corrected chi connectivity index (χ1v) is 8.57. The summed E-state index contributed by atoms with van der Waals surface area (Å²) in [5.41, 5.74) is 8.17. The molecule has 0 aliphatic carbocycles. The Labute approximate surface area is 145 Å². The van der Waals surface area contributed by atoms with Crippen molar-refractivity contribution in [1.82, 2.24) is 15.1 Å². The lowest BCUT2D eigenvalue weighted by Crippen LogP contribution is -2.49. The van der Waals surface area contributed by atoms with Crippen molar-refractivity contribution in [2.24, 2.45) is 5.73 Å². The topological polar surface area (TPSA) is 72.9 Å². The molecule has 3 N–H and O–H groups in total. The van der Waals surface area contributed by atoms with Crippen LogP contribution in [0, 0.1) is 6.92 Å². The van der Waals surface area contributed by atoms with Gasteiger partial charge in [0, 0.05) is 16.6 Å². The molecule has 0 saturated carbocycles. The van der Waals surface area contributed by atoms with Crippen LogP contribution in [0.2, 0.25) is 0 Å². The Balaban J connectivity index is 2.15. The molecule has 0 aliphatic heterocycles. The van der Waals surface area contributed by atoms with Gasteiger partial charge >= 0.3 is 0 Å². The predicted molar refractivity (Wildman–Crippen MR) is 95.8 cm³/mol. The standard InChI is InChI=1S/C17H23BrN4O/c1-4-17(19,5-2)11-20-16(23)15-10-21-22(12(15)3)14-8-6-13(18)7-9-14/h6-10H,4-5,11,19H2,1-3H3,(H,20,23). The van der Waals surface area contributed by atoms with Crippen molar-refractivity contribution in [3.63, 3.8) is 0 Å². The molecule has 0 atom stereocenters. The van der Waals surface area contributed by atoms with Gasteiger partial charge in [0.05, 0.1) is 23.1 Å². The van der Waals surface area contributed by atoms with Crippen LogP contribution < -0.4 is 11.1 Å². The number of nitrogens with zero attached hydrogens (tertiary/aromatic N) is 2. The second-order valence-electron chi connectivity index (χ2n) is 5.78. The average Bonchev–Trinajstić information content (AvgIpc) is 2.95. The van der Waals surface area contributed by atoms with Crippen LogP contribution in [-0.4, -0.2) is 27.8 Å². The fourth-order valence-electron chi connectivity index (χ4n) is 2.33. The summed E-state index contributed by atoms with van der Waals surface area (Å²) in [6, 6.07) is 7.79. The van der Waals surface area contributed by atoms with Crippen molar-refractivity contribution in [1.29, 1.82) is 0 Å². The average molecular weight is 379 g/mol. The van der Waals surface area contributed by atoms with Gasteiger partial charge in [-0.2, -0.15) is 5.10 Å². The van der Waals surface area contributed by atoms with E-state index in [1.54, 1.807) is 10.9 Å². The molecule has 2 aromatic rings. The number of halogens is 1. The first kappa shape index (κ1) is 17.7. The van der Waals surface area contributed by atoms with E-state index in [9.17, 15) is 4.79 Å². The summed E-state index contributed by atoms with van der Waals surface area (Å²) in [7, 11) is 0. The highest BCUT2D eigenvalue weighted by Crippen LogP contribution is 2.17. The molecular formula is C17H23BrN4O. The smallest absolute Gasteiger partial charge is 0.254 e. The third-order valence-corrected chi connectivity index (χ3v) is 4.86. The maximum absolute atomic E-state index is 12.4. The third-order valence-electron chi connectivity index (χ3n) is 4.33. The van der Waals surface area contributed by atoms with E-state index in [4.69, 9.17) is 5.73 Å². The quantitative estimate of drug-likeness (QED) is 0.810. The Bertz CT molecular complexity index is 674. The van der Waals surface area contributed by atoms with Gasteiger partial charge in [-0.3, -0.25) is 4.79 Å². The monoisotopic (exact) mass is 378 g/mol. The number of hydrogen-bond acceptors (Lipinski definition) is 3. The van der Waals surface area contributed by atoms with Gasteiger partial charge in [-0.25, -0.2) is 4.68 Å². The van der Waals surface area contributed by atoms with Gasteiger partial charge in [0.1, 0.15) is 0 Å². The minimum Gasteiger partial charge on any atom is -0.350 e. The van der Waals surface area contributed by atoms with E-state index in [0.29, 0.717) is 12.1 Å². The molecule has 0 spiro atoms. The summed E-state index contributed by atoms with van der Waals surface area (Å²) >= 11 is 3.41. The number of hydrogen-bond donors (Lipinski definition) is 2. The molecule has 0 bridgehead atoms. The molecule has 1 aromatic heterocycles. The number of rotatable bonds is 6. The van der Waals surface area contributed by atoms with E-state index in [0.717, 1.165) is 28.7 Å². The van der Waals surface area contributed by atoms with Gasteiger partial charge in [0.15, 0.2) is 0 Å². The van der Waals surface area contributed by atoms with E-state index in [-0.39, 0.29) is 11.4 Å². The summed E-state index contributed by atoms with van der Waals surface area (Å²) in [5, 5.41) is 7.26.